The molecule has 3 aromatic carbocycles. The summed E-state index contributed by atoms with van der Waals surface area (Å²) in [5.41, 5.74) is 13.5. The average molecular weight is 471 g/mol. The molecule has 0 aliphatic rings. The number of hydrogen-bond acceptors (Lipinski definition) is 5. The normalized spacial score (nSPS) is 10.7. The van der Waals surface area contributed by atoms with E-state index in [1.54, 1.807) is 6.33 Å². The molecular formula is C30H38N4O. The van der Waals surface area contributed by atoms with E-state index < -0.39 is 0 Å². The third kappa shape index (κ3) is 7.19. The van der Waals surface area contributed by atoms with Gasteiger partial charge in [0, 0.05) is 17.6 Å². The van der Waals surface area contributed by atoms with Gasteiger partial charge in [-0.15, -0.1) is 0 Å². The van der Waals surface area contributed by atoms with Crippen LogP contribution in [0.15, 0.2) is 67.0 Å². The maximum Gasteiger partial charge on any atom is 0.122 e. The number of aryl methyl sites for hydroxylation is 2. The van der Waals surface area contributed by atoms with Crippen molar-refractivity contribution in [3.05, 3.63) is 78.2 Å². The van der Waals surface area contributed by atoms with Crippen molar-refractivity contribution in [1.29, 1.82) is 0 Å². The fraction of sp³-hybridized carbons (Fsp3) is 0.333. The Kier molecular flexibility index (Phi) is 9.47. The number of nitrogen functional groups attached to an aromatic ring is 1. The zero-order valence-corrected chi connectivity index (χ0v) is 21.6. The van der Waals surface area contributed by atoms with Crippen LogP contribution in [0.5, 0.6) is 5.75 Å². The first kappa shape index (κ1) is 26.0. The minimum Gasteiger partial charge on any atom is -0.493 e. The van der Waals surface area contributed by atoms with Crippen LogP contribution in [0.3, 0.4) is 0 Å². The Morgan fingerprint density at radius 2 is 1.69 bits per heavy atom. The average Bonchev–Trinajstić information content (AvgIpc) is 2.86. The minimum absolute atomic E-state index is 0.661. The van der Waals surface area contributed by atoms with Gasteiger partial charge in [-0.1, -0.05) is 51.1 Å². The van der Waals surface area contributed by atoms with E-state index in [9.17, 15) is 0 Å². The Hall–Kier alpha value is -3.60. The Balaban J connectivity index is 0.000000256. The molecule has 0 saturated carbocycles. The lowest BCUT2D eigenvalue weighted by Gasteiger charge is -2.14. The van der Waals surface area contributed by atoms with E-state index in [0.717, 1.165) is 59.7 Å². The van der Waals surface area contributed by atoms with E-state index in [1.807, 2.05) is 37.3 Å². The maximum atomic E-state index is 6.03. The van der Waals surface area contributed by atoms with Gasteiger partial charge >= 0.3 is 0 Å². The SMILES string of the molecule is CCNc1cc(-c2ccc(OCCC(C)C)c(CC)c2)ccc1N.Cc1ncnc2ccccc12. The van der Waals surface area contributed by atoms with E-state index in [2.05, 4.69) is 73.3 Å². The maximum absolute atomic E-state index is 6.03. The fourth-order valence-corrected chi connectivity index (χ4v) is 3.80. The van der Waals surface area contributed by atoms with E-state index in [0.29, 0.717) is 5.92 Å². The van der Waals surface area contributed by atoms with Crippen LogP contribution >= 0.6 is 0 Å². The monoisotopic (exact) mass is 470 g/mol. The van der Waals surface area contributed by atoms with E-state index in [1.165, 1.54) is 16.7 Å². The molecule has 184 valence electrons. The number of ether oxygens (including phenoxy) is 1. The lowest BCUT2D eigenvalue weighted by molar-refractivity contribution is 0.287. The summed E-state index contributed by atoms with van der Waals surface area (Å²) < 4.78 is 5.98. The number of nitrogens with two attached hydrogens (primary N) is 1. The summed E-state index contributed by atoms with van der Waals surface area (Å²) in [6.07, 6.45) is 3.63. The topological polar surface area (TPSA) is 73.1 Å². The zero-order chi connectivity index (χ0) is 25.2. The van der Waals surface area contributed by atoms with E-state index in [-0.39, 0.29) is 0 Å². The van der Waals surface area contributed by atoms with Crippen LogP contribution in [0, 0.1) is 12.8 Å². The summed E-state index contributed by atoms with van der Waals surface area (Å²) in [5.74, 6) is 1.66. The molecule has 4 rings (SSSR count). The second-order valence-corrected chi connectivity index (χ2v) is 9.02. The number of anilines is 2. The van der Waals surface area contributed by atoms with Crippen molar-refractivity contribution in [1.82, 2.24) is 9.97 Å². The molecular weight excluding hydrogens is 432 g/mol. The van der Waals surface area contributed by atoms with Gasteiger partial charge in [0.1, 0.15) is 12.1 Å². The van der Waals surface area contributed by atoms with Gasteiger partial charge in [-0.05, 0) is 79.6 Å². The first-order valence-corrected chi connectivity index (χ1v) is 12.5. The number of benzene rings is 3. The molecule has 0 saturated heterocycles. The van der Waals surface area contributed by atoms with E-state index >= 15 is 0 Å². The summed E-state index contributed by atoms with van der Waals surface area (Å²) in [4.78, 5) is 8.23. The van der Waals surface area contributed by atoms with Crippen LogP contribution < -0.4 is 15.8 Å². The van der Waals surface area contributed by atoms with Crippen LogP contribution in [0.2, 0.25) is 0 Å². The third-order valence-corrected chi connectivity index (χ3v) is 5.89. The van der Waals surface area contributed by atoms with Crippen molar-refractivity contribution in [2.75, 3.05) is 24.2 Å². The Morgan fingerprint density at radius 3 is 2.40 bits per heavy atom. The highest BCUT2D eigenvalue weighted by Crippen LogP contribution is 2.31. The molecule has 35 heavy (non-hydrogen) atoms. The van der Waals surface area contributed by atoms with Gasteiger partial charge in [0.2, 0.25) is 0 Å². The van der Waals surface area contributed by atoms with Crippen LogP contribution in [0.1, 0.15) is 45.4 Å². The van der Waals surface area contributed by atoms with Crippen molar-refractivity contribution in [2.45, 2.75) is 47.5 Å². The second-order valence-electron chi connectivity index (χ2n) is 9.02. The summed E-state index contributed by atoms with van der Waals surface area (Å²) >= 11 is 0. The first-order chi connectivity index (χ1) is 16.9. The summed E-state index contributed by atoms with van der Waals surface area (Å²) in [5, 5.41) is 4.45. The first-order valence-electron chi connectivity index (χ1n) is 12.5. The van der Waals surface area contributed by atoms with Gasteiger partial charge in [0.25, 0.3) is 0 Å². The number of fused-ring (bicyclic) bond motifs is 1. The van der Waals surface area contributed by atoms with Crippen LogP contribution in [-0.4, -0.2) is 23.1 Å². The molecule has 4 aromatic rings. The quantitative estimate of drug-likeness (QED) is 0.264. The van der Waals surface area contributed by atoms with Gasteiger partial charge in [-0.3, -0.25) is 0 Å². The lowest BCUT2D eigenvalue weighted by Crippen LogP contribution is -2.03. The highest BCUT2D eigenvalue weighted by atomic mass is 16.5. The molecule has 0 aliphatic carbocycles. The Bertz CT molecular complexity index is 1230. The lowest BCUT2D eigenvalue weighted by atomic mass is 10.00. The molecule has 0 aliphatic heterocycles. The molecule has 0 fully saturated rings. The van der Waals surface area contributed by atoms with Crippen LogP contribution in [-0.2, 0) is 6.42 Å². The zero-order valence-electron chi connectivity index (χ0n) is 21.6. The summed E-state index contributed by atoms with van der Waals surface area (Å²) in [6, 6.07) is 20.6. The minimum atomic E-state index is 0.661. The third-order valence-electron chi connectivity index (χ3n) is 5.89. The standard InChI is InChI=1S/C21H30N2O.C9H8N2/c1-5-16-13-17(8-10-21(16)24-12-11-15(3)4)18-7-9-19(22)20(14-18)23-6-2;1-7-8-4-2-3-5-9(8)11-6-10-7/h7-10,13-15,23H,5-6,11-12,22H2,1-4H3;2-6H,1H3. The molecule has 1 heterocycles. The van der Waals surface area contributed by atoms with Gasteiger partial charge in [-0.25, -0.2) is 9.97 Å². The molecule has 3 N–H and O–H groups in total. The second kappa shape index (κ2) is 12.7. The number of rotatable bonds is 8. The number of nitrogens with one attached hydrogen (secondary N) is 1. The molecule has 0 bridgehead atoms. The predicted octanol–water partition coefficient (Wildman–Crippen LogP) is 7.29. The molecule has 5 heteroatoms. The van der Waals surface area contributed by atoms with Gasteiger partial charge < -0.3 is 15.8 Å². The Labute approximate surface area is 209 Å². The summed E-state index contributed by atoms with van der Waals surface area (Å²) in [7, 11) is 0. The highest BCUT2D eigenvalue weighted by molar-refractivity contribution is 5.80. The van der Waals surface area contributed by atoms with Crippen LogP contribution in [0.25, 0.3) is 22.0 Å². The van der Waals surface area contributed by atoms with E-state index in [4.69, 9.17) is 10.5 Å². The molecule has 1 aromatic heterocycles. The highest BCUT2D eigenvalue weighted by Gasteiger charge is 2.08. The fourth-order valence-electron chi connectivity index (χ4n) is 3.80. The number of hydrogen-bond donors (Lipinski definition) is 2. The largest absolute Gasteiger partial charge is 0.493 e. The van der Waals surface area contributed by atoms with Gasteiger partial charge in [0.05, 0.1) is 23.5 Å². The van der Waals surface area contributed by atoms with Crippen molar-refractivity contribution in [3.8, 4) is 16.9 Å². The molecule has 0 spiro atoms. The number of para-hydroxylation sites is 1. The smallest absolute Gasteiger partial charge is 0.122 e. The molecule has 0 unspecified atom stereocenters. The van der Waals surface area contributed by atoms with Crippen molar-refractivity contribution >= 4 is 22.3 Å². The molecule has 0 amide bonds. The van der Waals surface area contributed by atoms with Crippen molar-refractivity contribution in [3.63, 3.8) is 0 Å². The molecule has 5 nitrogen and oxygen atoms in total. The van der Waals surface area contributed by atoms with Crippen LogP contribution in [0.4, 0.5) is 11.4 Å². The molecule has 0 radical (unpaired) electrons. The van der Waals surface area contributed by atoms with Gasteiger partial charge in [0.15, 0.2) is 0 Å². The molecule has 0 atom stereocenters. The van der Waals surface area contributed by atoms with Crippen molar-refractivity contribution < 1.29 is 4.74 Å². The Morgan fingerprint density at radius 1 is 0.943 bits per heavy atom. The number of nitrogens with zero attached hydrogens (tertiary/aromatic N) is 2. The van der Waals surface area contributed by atoms with Gasteiger partial charge in [-0.2, -0.15) is 0 Å². The number of aromatic nitrogens is 2. The van der Waals surface area contributed by atoms with Crippen molar-refractivity contribution in [2.24, 2.45) is 5.92 Å². The summed E-state index contributed by atoms with van der Waals surface area (Å²) in [6.45, 7) is 12.3. The predicted molar refractivity (Wildman–Crippen MR) is 149 cm³/mol.